The fraction of sp³-hybridized carbons (Fsp3) is 0.500. The molecule has 9 heteroatoms. The molecule has 2 N–H and O–H groups in total. The van der Waals surface area contributed by atoms with Crippen molar-refractivity contribution in [1.82, 2.24) is 0 Å². The smallest absolute Gasteiger partial charge is 0.416 e. The molecular weight excluding hydrogens is 341 g/mol. The second kappa shape index (κ2) is 7.30. The van der Waals surface area contributed by atoms with Gasteiger partial charge in [0.05, 0.1) is 36.9 Å². The van der Waals surface area contributed by atoms with Crippen LogP contribution < -0.4 is 10.6 Å². The van der Waals surface area contributed by atoms with E-state index < -0.39 is 35.8 Å². The Morgan fingerprint density at radius 1 is 1.36 bits per heavy atom. The highest BCUT2D eigenvalue weighted by atomic mass is 19.4. The van der Waals surface area contributed by atoms with Gasteiger partial charge in [-0.1, -0.05) is 0 Å². The van der Waals surface area contributed by atoms with E-state index in [2.05, 4.69) is 0 Å². The van der Waals surface area contributed by atoms with Crippen molar-refractivity contribution in [1.29, 1.82) is 0 Å². The molecule has 0 fully saturated rings. The van der Waals surface area contributed by atoms with Gasteiger partial charge in [-0.25, -0.2) is 4.79 Å². The zero-order valence-corrected chi connectivity index (χ0v) is 13.8. The first-order chi connectivity index (χ1) is 11.7. The fourth-order valence-electron chi connectivity index (χ4n) is 2.94. The number of esters is 1. The number of alkyl halides is 3. The number of nitrogens with two attached hydrogens (primary N) is 1. The van der Waals surface area contributed by atoms with E-state index in [4.69, 9.17) is 15.2 Å². The Hall–Kier alpha value is -2.29. The normalized spacial score (nSPS) is 20.0. The molecule has 0 aliphatic carbocycles. The van der Waals surface area contributed by atoms with E-state index in [0.29, 0.717) is 0 Å². The SMILES string of the molecule is CCOC(=O)N1c2ccc(C(F)(F)F)cc2[C@@H](C(=O)OC)C[C@H]1CN. The number of carbonyl (C=O) groups excluding carboxylic acids is 2. The van der Waals surface area contributed by atoms with E-state index in [0.717, 1.165) is 25.3 Å². The van der Waals surface area contributed by atoms with Gasteiger partial charge in [-0.15, -0.1) is 0 Å². The number of ether oxygens (including phenoxy) is 2. The number of anilines is 1. The Balaban J connectivity index is 2.61. The summed E-state index contributed by atoms with van der Waals surface area (Å²) in [6.07, 6.45) is -5.24. The van der Waals surface area contributed by atoms with Gasteiger partial charge in [0.15, 0.2) is 0 Å². The Kier molecular flexibility index (Phi) is 5.56. The van der Waals surface area contributed by atoms with Crippen molar-refractivity contribution >= 4 is 17.7 Å². The molecule has 0 saturated heterocycles. The summed E-state index contributed by atoms with van der Waals surface area (Å²) in [6.45, 7) is 1.74. The molecule has 6 nitrogen and oxygen atoms in total. The Bertz CT molecular complexity index is 663. The third-order valence-electron chi connectivity index (χ3n) is 4.09. The number of amides is 1. The summed E-state index contributed by atoms with van der Waals surface area (Å²) in [7, 11) is 1.16. The maximum Gasteiger partial charge on any atom is 0.416 e. The van der Waals surface area contributed by atoms with Gasteiger partial charge in [0.1, 0.15) is 0 Å². The minimum absolute atomic E-state index is 0.0206. The van der Waals surface area contributed by atoms with Crippen LogP contribution in [0.15, 0.2) is 18.2 Å². The van der Waals surface area contributed by atoms with Crippen LogP contribution in [-0.4, -0.2) is 38.4 Å². The molecule has 1 amide bonds. The summed E-state index contributed by atoms with van der Waals surface area (Å²) >= 11 is 0. The Labute approximate surface area is 142 Å². The first-order valence-electron chi connectivity index (χ1n) is 7.69. The van der Waals surface area contributed by atoms with E-state index in [1.54, 1.807) is 6.92 Å². The van der Waals surface area contributed by atoms with Crippen molar-refractivity contribution in [3.8, 4) is 0 Å². The third-order valence-corrected chi connectivity index (χ3v) is 4.09. The van der Waals surface area contributed by atoms with Crippen LogP contribution in [0.1, 0.15) is 30.4 Å². The van der Waals surface area contributed by atoms with Crippen LogP contribution in [0.2, 0.25) is 0 Å². The molecule has 1 heterocycles. The number of hydrogen-bond donors (Lipinski definition) is 1. The highest BCUT2D eigenvalue weighted by Gasteiger charge is 2.41. The summed E-state index contributed by atoms with van der Waals surface area (Å²) < 4.78 is 48.8. The van der Waals surface area contributed by atoms with Gasteiger partial charge in [0, 0.05) is 6.54 Å². The number of nitrogens with zero attached hydrogens (tertiary/aromatic N) is 1. The van der Waals surface area contributed by atoms with E-state index >= 15 is 0 Å². The standard InChI is InChI=1S/C16H19F3N2O4/c1-3-25-15(23)21-10(8-20)7-12(14(22)24-2)11-6-9(16(17,18)19)4-5-13(11)21/h4-6,10,12H,3,7-8,20H2,1-2H3/t10-,12-/m0/s1. The molecular formula is C16H19F3N2O4. The van der Waals surface area contributed by atoms with E-state index in [-0.39, 0.29) is 30.8 Å². The predicted octanol–water partition coefficient (Wildman–Crippen LogP) is 2.66. The maximum atomic E-state index is 13.0. The molecule has 0 aromatic heterocycles. The molecule has 0 spiro atoms. The number of fused-ring (bicyclic) bond motifs is 1. The molecule has 0 bridgehead atoms. The van der Waals surface area contributed by atoms with E-state index in [1.165, 1.54) is 4.90 Å². The average molecular weight is 360 g/mol. The lowest BCUT2D eigenvalue weighted by atomic mass is 9.84. The highest BCUT2D eigenvalue weighted by molar-refractivity contribution is 5.93. The van der Waals surface area contributed by atoms with Crippen molar-refractivity contribution in [2.45, 2.75) is 31.5 Å². The molecule has 1 aromatic rings. The first-order valence-corrected chi connectivity index (χ1v) is 7.69. The lowest BCUT2D eigenvalue weighted by Crippen LogP contribution is -2.49. The van der Waals surface area contributed by atoms with Crippen LogP contribution >= 0.6 is 0 Å². The van der Waals surface area contributed by atoms with Crippen LogP contribution in [0.3, 0.4) is 0 Å². The molecule has 2 rings (SSSR count). The first kappa shape index (κ1) is 19.0. The lowest BCUT2D eigenvalue weighted by Gasteiger charge is -2.39. The molecule has 1 aliphatic rings. The van der Waals surface area contributed by atoms with Crippen LogP contribution in [0.25, 0.3) is 0 Å². The summed E-state index contributed by atoms with van der Waals surface area (Å²) in [5.41, 5.74) is 5.04. The van der Waals surface area contributed by atoms with Crippen molar-refractivity contribution in [2.75, 3.05) is 25.2 Å². The molecule has 0 saturated carbocycles. The zero-order chi connectivity index (χ0) is 18.8. The van der Waals surface area contributed by atoms with Gasteiger partial charge in [-0.2, -0.15) is 13.2 Å². The Morgan fingerprint density at radius 3 is 2.56 bits per heavy atom. The summed E-state index contributed by atoms with van der Waals surface area (Å²) in [5.74, 6) is -1.62. The van der Waals surface area contributed by atoms with Crippen LogP contribution in [0, 0.1) is 0 Å². The minimum atomic E-state index is -4.57. The second-order valence-corrected chi connectivity index (χ2v) is 5.54. The number of carbonyl (C=O) groups is 2. The maximum absolute atomic E-state index is 13.0. The number of rotatable bonds is 3. The Morgan fingerprint density at radius 2 is 2.04 bits per heavy atom. The summed E-state index contributed by atoms with van der Waals surface area (Å²) in [4.78, 5) is 25.5. The quantitative estimate of drug-likeness (QED) is 0.838. The average Bonchev–Trinajstić information content (AvgIpc) is 2.58. The van der Waals surface area contributed by atoms with Crippen molar-refractivity contribution in [3.05, 3.63) is 29.3 Å². The molecule has 138 valence electrons. The number of halogens is 3. The monoisotopic (exact) mass is 360 g/mol. The third kappa shape index (κ3) is 3.71. The largest absolute Gasteiger partial charge is 0.469 e. The minimum Gasteiger partial charge on any atom is -0.469 e. The molecule has 1 aliphatic heterocycles. The van der Waals surface area contributed by atoms with Gasteiger partial charge in [0.2, 0.25) is 0 Å². The topological polar surface area (TPSA) is 81.9 Å². The van der Waals surface area contributed by atoms with E-state index in [1.807, 2.05) is 0 Å². The van der Waals surface area contributed by atoms with Gasteiger partial charge >= 0.3 is 18.2 Å². The molecule has 2 atom stereocenters. The van der Waals surface area contributed by atoms with Crippen LogP contribution in [0.4, 0.5) is 23.7 Å². The fourth-order valence-corrected chi connectivity index (χ4v) is 2.94. The van der Waals surface area contributed by atoms with Crippen LogP contribution in [0.5, 0.6) is 0 Å². The molecule has 0 radical (unpaired) electrons. The van der Waals surface area contributed by atoms with Gasteiger partial charge in [-0.05, 0) is 37.1 Å². The molecule has 1 aromatic carbocycles. The van der Waals surface area contributed by atoms with Crippen molar-refractivity contribution in [2.24, 2.45) is 5.73 Å². The number of hydrogen-bond acceptors (Lipinski definition) is 5. The second-order valence-electron chi connectivity index (χ2n) is 5.54. The highest BCUT2D eigenvalue weighted by Crippen LogP contribution is 2.42. The molecule has 25 heavy (non-hydrogen) atoms. The van der Waals surface area contributed by atoms with Gasteiger partial charge < -0.3 is 15.2 Å². The zero-order valence-electron chi connectivity index (χ0n) is 13.8. The van der Waals surface area contributed by atoms with E-state index in [9.17, 15) is 22.8 Å². The van der Waals surface area contributed by atoms with Crippen molar-refractivity contribution < 1.29 is 32.2 Å². The lowest BCUT2D eigenvalue weighted by molar-refractivity contribution is -0.143. The van der Waals surface area contributed by atoms with Gasteiger partial charge in [0.25, 0.3) is 0 Å². The van der Waals surface area contributed by atoms with Crippen molar-refractivity contribution in [3.63, 3.8) is 0 Å². The van der Waals surface area contributed by atoms with Gasteiger partial charge in [-0.3, -0.25) is 9.69 Å². The number of benzene rings is 1. The summed E-state index contributed by atoms with van der Waals surface area (Å²) in [5, 5.41) is 0. The summed E-state index contributed by atoms with van der Waals surface area (Å²) in [6, 6.07) is 2.30. The molecule has 0 unspecified atom stereocenters. The number of methoxy groups -OCH3 is 1. The predicted molar refractivity (Wildman–Crippen MR) is 83.2 cm³/mol. The van der Waals surface area contributed by atoms with Crippen LogP contribution in [-0.2, 0) is 20.4 Å².